The molecule has 4 N–H and O–H groups in total. The van der Waals surface area contributed by atoms with Crippen LogP contribution in [0.4, 0.5) is 0 Å². The molecular formula is C20H22N6O3. The zero-order chi connectivity index (χ0) is 20.4. The second kappa shape index (κ2) is 7.88. The highest BCUT2D eigenvalue weighted by Crippen LogP contribution is 2.25. The zero-order valence-corrected chi connectivity index (χ0v) is 16.0. The van der Waals surface area contributed by atoms with Crippen LogP contribution in [0.25, 0.3) is 5.65 Å². The largest absolute Gasteiger partial charge is 0.497 e. The number of hydrogen-bond acceptors (Lipinski definition) is 6. The Kier molecular flexibility index (Phi) is 5.13. The number of nitrogens with zero attached hydrogens (tertiary/aromatic N) is 2. The molecule has 1 aliphatic heterocycles. The van der Waals surface area contributed by atoms with Crippen LogP contribution in [-0.4, -0.2) is 46.5 Å². The Hall–Kier alpha value is -3.46. The van der Waals surface area contributed by atoms with Crippen molar-refractivity contribution in [2.45, 2.75) is 18.8 Å². The fourth-order valence-electron chi connectivity index (χ4n) is 3.60. The quantitative estimate of drug-likeness (QED) is 0.392. The van der Waals surface area contributed by atoms with Crippen molar-refractivity contribution in [3.8, 4) is 5.75 Å². The van der Waals surface area contributed by atoms with Gasteiger partial charge in [-0.25, -0.2) is 4.52 Å². The van der Waals surface area contributed by atoms with Crippen LogP contribution in [0.1, 0.15) is 40.4 Å². The van der Waals surface area contributed by atoms with E-state index < -0.39 is 5.91 Å². The number of nitrogens with one attached hydrogen (secondary N) is 4. The van der Waals surface area contributed by atoms with Gasteiger partial charge in [0.1, 0.15) is 22.8 Å². The number of ether oxygens (including phenoxy) is 1. The van der Waals surface area contributed by atoms with Crippen LogP contribution >= 0.6 is 0 Å². The molecule has 1 aromatic carbocycles. The summed E-state index contributed by atoms with van der Waals surface area (Å²) in [5.74, 6) is 0.320. The van der Waals surface area contributed by atoms with Crippen LogP contribution in [-0.2, 0) is 0 Å². The number of carbonyl (C=O) groups excluding carboxylic acids is 1. The maximum Gasteiger partial charge on any atom is 0.262 e. The van der Waals surface area contributed by atoms with Gasteiger partial charge in [-0.2, -0.15) is 5.10 Å². The number of amides is 1. The minimum atomic E-state index is -0.501. The molecular weight excluding hydrogens is 372 g/mol. The Morgan fingerprint density at radius 2 is 2.00 bits per heavy atom. The number of amidine groups is 1. The van der Waals surface area contributed by atoms with Gasteiger partial charge in [-0.05, 0) is 50.2 Å². The standard InChI is InChI=1S/C20H22N6O3/c1-29-14-4-2-13(3-5-14)18(21)25-20(28)15-11-23-26-16(10-17(27)24-19(15)26)12-6-8-22-9-7-12/h2-5,10-12,22H,6-9H2,1H3,(H,24,27)(H2,21,25,28). The molecule has 1 amide bonds. The molecule has 0 radical (unpaired) electrons. The second-order valence-electron chi connectivity index (χ2n) is 6.96. The molecule has 0 saturated carbocycles. The molecule has 1 aliphatic rings. The van der Waals surface area contributed by atoms with E-state index in [9.17, 15) is 9.59 Å². The van der Waals surface area contributed by atoms with Gasteiger partial charge in [-0.15, -0.1) is 0 Å². The average molecular weight is 394 g/mol. The van der Waals surface area contributed by atoms with Crippen LogP contribution < -0.4 is 20.9 Å². The maximum atomic E-state index is 12.8. The maximum absolute atomic E-state index is 12.8. The summed E-state index contributed by atoms with van der Waals surface area (Å²) in [5.41, 5.74) is 1.63. The van der Waals surface area contributed by atoms with Crippen molar-refractivity contribution >= 4 is 17.4 Å². The molecule has 1 saturated heterocycles. The predicted octanol–water partition coefficient (Wildman–Crippen LogP) is 1.25. The van der Waals surface area contributed by atoms with Gasteiger partial charge < -0.3 is 20.4 Å². The smallest absolute Gasteiger partial charge is 0.262 e. The first-order valence-corrected chi connectivity index (χ1v) is 9.43. The van der Waals surface area contributed by atoms with E-state index in [1.54, 1.807) is 42.0 Å². The van der Waals surface area contributed by atoms with E-state index >= 15 is 0 Å². The third kappa shape index (κ3) is 3.77. The SMILES string of the molecule is COc1ccc(C(=N)NC(=O)c2cnn3c(C4CCNCC4)cc(=O)[nH]c23)cc1. The molecule has 0 atom stereocenters. The highest BCUT2D eigenvalue weighted by atomic mass is 16.5. The zero-order valence-electron chi connectivity index (χ0n) is 16.0. The molecule has 0 unspecified atom stereocenters. The number of benzene rings is 1. The third-order valence-electron chi connectivity index (χ3n) is 5.15. The predicted molar refractivity (Wildman–Crippen MR) is 108 cm³/mol. The number of aromatic amines is 1. The Morgan fingerprint density at radius 3 is 2.69 bits per heavy atom. The first kappa shape index (κ1) is 18.9. The van der Waals surface area contributed by atoms with Gasteiger partial charge in [-0.3, -0.25) is 15.0 Å². The minimum absolute atomic E-state index is 0.0474. The number of carbonyl (C=O) groups is 1. The number of H-pyrrole nitrogens is 1. The van der Waals surface area contributed by atoms with Gasteiger partial charge in [0.05, 0.1) is 19.0 Å². The van der Waals surface area contributed by atoms with Gasteiger partial charge >= 0.3 is 0 Å². The first-order valence-electron chi connectivity index (χ1n) is 9.43. The van der Waals surface area contributed by atoms with E-state index in [2.05, 4.69) is 20.7 Å². The molecule has 0 bridgehead atoms. The summed E-state index contributed by atoms with van der Waals surface area (Å²) in [6.45, 7) is 1.76. The molecule has 1 fully saturated rings. The fourth-order valence-corrected chi connectivity index (χ4v) is 3.60. The molecule has 0 spiro atoms. The Bertz CT molecular complexity index is 1110. The third-order valence-corrected chi connectivity index (χ3v) is 5.15. The molecule has 150 valence electrons. The van der Waals surface area contributed by atoms with E-state index in [1.165, 1.54) is 6.20 Å². The molecule has 9 heteroatoms. The van der Waals surface area contributed by atoms with Crippen molar-refractivity contribution in [2.75, 3.05) is 20.2 Å². The van der Waals surface area contributed by atoms with Gasteiger partial charge in [0.15, 0.2) is 0 Å². The summed E-state index contributed by atoms with van der Waals surface area (Å²) in [7, 11) is 1.56. The topological polar surface area (TPSA) is 124 Å². The molecule has 0 aliphatic carbocycles. The van der Waals surface area contributed by atoms with Crippen LogP contribution in [0.2, 0.25) is 0 Å². The molecule has 9 nitrogen and oxygen atoms in total. The normalized spacial score (nSPS) is 14.7. The van der Waals surface area contributed by atoms with E-state index in [1.807, 2.05) is 0 Å². The van der Waals surface area contributed by atoms with Gasteiger partial charge in [-0.1, -0.05) is 0 Å². The van der Waals surface area contributed by atoms with E-state index in [0.29, 0.717) is 17.0 Å². The molecule has 2 aromatic heterocycles. The number of hydrogen-bond donors (Lipinski definition) is 4. The van der Waals surface area contributed by atoms with Crippen molar-refractivity contribution in [1.82, 2.24) is 25.2 Å². The molecule has 4 rings (SSSR count). The van der Waals surface area contributed by atoms with Crippen LogP contribution in [0.5, 0.6) is 5.75 Å². The van der Waals surface area contributed by atoms with Crippen molar-refractivity contribution in [3.05, 3.63) is 63.7 Å². The summed E-state index contributed by atoms with van der Waals surface area (Å²) in [6, 6.07) is 8.36. The summed E-state index contributed by atoms with van der Waals surface area (Å²) in [6.07, 6.45) is 3.23. The minimum Gasteiger partial charge on any atom is -0.497 e. The number of rotatable bonds is 4. The monoisotopic (exact) mass is 394 g/mol. The number of fused-ring (bicyclic) bond motifs is 1. The van der Waals surface area contributed by atoms with Crippen LogP contribution in [0, 0.1) is 5.41 Å². The van der Waals surface area contributed by atoms with Crippen molar-refractivity contribution in [1.29, 1.82) is 5.41 Å². The second-order valence-corrected chi connectivity index (χ2v) is 6.96. The first-order chi connectivity index (χ1) is 14.1. The van der Waals surface area contributed by atoms with Crippen LogP contribution in [0.3, 0.4) is 0 Å². The number of aromatic nitrogens is 3. The molecule has 3 aromatic rings. The lowest BCUT2D eigenvalue weighted by molar-refractivity contribution is 0.0978. The summed E-state index contributed by atoms with van der Waals surface area (Å²) in [5, 5.41) is 18.4. The Morgan fingerprint density at radius 1 is 1.28 bits per heavy atom. The van der Waals surface area contributed by atoms with Crippen molar-refractivity contribution in [3.63, 3.8) is 0 Å². The van der Waals surface area contributed by atoms with Crippen molar-refractivity contribution in [2.24, 2.45) is 0 Å². The lowest BCUT2D eigenvalue weighted by Crippen LogP contribution is -2.31. The van der Waals surface area contributed by atoms with Crippen LogP contribution in [0.15, 0.2) is 41.3 Å². The lowest BCUT2D eigenvalue weighted by atomic mass is 9.94. The Labute approximate surface area is 166 Å². The molecule has 3 heterocycles. The summed E-state index contributed by atoms with van der Waals surface area (Å²) in [4.78, 5) is 27.7. The van der Waals surface area contributed by atoms with E-state index in [-0.39, 0.29) is 22.9 Å². The van der Waals surface area contributed by atoms with Gasteiger partial charge in [0, 0.05) is 17.5 Å². The van der Waals surface area contributed by atoms with Gasteiger partial charge in [0.2, 0.25) is 0 Å². The lowest BCUT2D eigenvalue weighted by Gasteiger charge is -2.23. The van der Waals surface area contributed by atoms with Crippen molar-refractivity contribution < 1.29 is 9.53 Å². The Balaban J connectivity index is 1.61. The van der Waals surface area contributed by atoms with E-state index in [0.717, 1.165) is 31.6 Å². The van der Waals surface area contributed by atoms with Gasteiger partial charge in [0.25, 0.3) is 11.5 Å². The highest BCUT2D eigenvalue weighted by Gasteiger charge is 2.22. The summed E-state index contributed by atoms with van der Waals surface area (Å²) < 4.78 is 6.73. The highest BCUT2D eigenvalue weighted by molar-refractivity contribution is 6.13. The summed E-state index contributed by atoms with van der Waals surface area (Å²) >= 11 is 0. The fraction of sp³-hybridized carbons (Fsp3) is 0.300. The molecule has 29 heavy (non-hydrogen) atoms. The number of methoxy groups -OCH3 is 1. The van der Waals surface area contributed by atoms with E-state index in [4.69, 9.17) is 10.1 Å². The average Bonchev–Trinajstić information content (AvgIpc) is 3.17. The number of piperidine rings is 1.